The summed E-state index contributed by atoms with van der Waals surface area (Å²) in [7, 11) is 0. The van der Waals surface area contributed by atoms with E-state index >= 15 is 0 Å². The maximum atomic E-state index is 12.4. The van der Waals surface area contributed by atoms with Crippen molar-refractivity contribution in [1.82, 2.24) is 19.8 Å². The first kappa shape index (κ1) is 15.7. The molecule has 1 aromatic carbocycles. The van der Waals surface area contributed by atoms with Crippen LogP contribution in [0.1, 0.15) is 35.8 Å². The molecule has 0 saturated heterocycles. The molecule has 1 aliphatic rings. The number of hydrogen-bond donors (Lipinski definition) is 1. The van der Waals surface area contributed by atoms with Crippen LogP contribution in [-0.2, 0) is 6.42 Å². The fourth-order valence-corrected chi connectivity index (χ4v) is 3.27. The predicted molar refractivity (Wildman–Crippen MR) is 87.9 cm³/mol. The number of fused-ring (bicyclic) bond motifs is 2. The number of hydrogen-bond acceptors (Lipinski definition) is 5. The Hall–Kier alpha value is -2.77. The standard InChI is InChI=1S/C17H17F2N5O/c1-10-21-22-16-8-7-15(23-24(10)16)20-14-4-2-3-11-9-12(25-17(18)19)5-6-13(11)14/h5-9,14,17H,2-4H2,1H3,(H,20,23). The maximum absolute atomic E-state index is 12.4. The number of alkyl halides is 2. The van der Waals surface area contributed by atoms with Crippen LogP contribution in [0.3, 0.4) is 0 Å². The molecule has 0 aliphatic heterocycles. The molecule has 0 saturated carbocycles. The third-order valence-electron chi connectivity index (χ3n) is 4.39. The van der Waals surface area contributed by atoms with E-state index in [9.17, 15) is 8.78 Å². The second kappa shape index (κ2) is 6.27. The van der Waals surface area contributed by atoms with Gasteiger partial charge in [0, 0.05) is 0 Å². The molecule has 0 amide bonds. The molecule has 4 rings (SSSR count). The number of ether oxygens (including phenoxy) is 1. The molecule has 0 fully saturated rings. The Bertz CT molecular complexity index is 911. The largest absolute Gasteiger partial charge is 0.435 e. The lowest BCUT2D eigenvalue weighted by molar-refractivity contribution is -0.0499. The van der Waals surface area contributed by atoms with Crippen molar-refractivity contribution in [2.24, 2.45) is 0 Å². The Morgan fingerprint density at radius 1 is 1.24 bits per heavy atom. The second-order valence-electron chi connectivity index (χ2n) is 6.06. The van der Waals surface area contributed by atoms with Crippen molar-refractivity contribution in [3.05, 3.63) is 47.3 Å². The Morgan fingerprint density at radius 2 is 2.12 bits per heavy atom. The van der Waals surface area contributed by atoms with Crippen molar-refractivity contribution < 1.29 is 13.5 Å². The van der Waals surface area contributed by atoms with Crippen LogP contribution >= 0.6 is 0 Å². The normalized spacial score (nSPS) is 16.9. The fourth-order valence-electron chi connectivity index (χ4n) is 3.27. The van der Waals surface area contributed by atoms with Gasteiger partial charge in [-0.05, 0) is 61.6 Å². The monoisotopic (exact) mass is 345 g/mol. The highest BCUT2D eigenvalue weighted by Crippen LogP contribution is 2.34. The van der Waals surface area contributed by atoms with Gasteiger partial charge in [0.25, 0.3) is 0 Å². The van der Waals surface area contributed by atoms with Crippen molar-refractivity contribution in [2.45, 2.75) is 38.8 Å². The summed E-state index contributed by atoms with van der Waals surface area (Å²) in [5, 5.41) is 16.0. The van der Waals surface area contributed by atoms with Crippen molar-refractivity contribution in [2.75, 3.05) is 5.32 Å². The first-order valence-corrected chi connectivity index (χ1v) is 8.13. The van der Waals surface area contributed by atoms with E-state index in [1.54, 1.807) is 16.6 Å². The van der Waals surface area contributed by atoms with Gasteiger partial charge in [-0.1, -0.05) is 6.07 Å². The summed E-state index contributed by atoms with van der Waals surface area (Å²) in [4.78, 5) is 0. The van der Waals surface area contributed by atoms with Crippen LogP contribution in [-0.4, -0.2) is 26.4 Å². The van der Waals surface area contributed by atoms with E-state index in [1.165, 1.54) is 0 Å². The van der Waals surface area contributed by atoms with Crippen LogP contribution < -0.4 is 10.1 Å². The molecule has 2 aromatic heterocycles. The summed E-state index contributed by atoms with van der Waals surface area (Å²) in [6.45, 7) is -0.962. The first-order valence-electron chi connectivity index (χ1n) is 8.13. The Morgan fingerprint density at radius 3 is 2.96 bits per heavy atom. The predicted octanol–water partition coefficient (Wildman–Crippen LogP) is 3.52. The molecule has 1 aliphatic carbocycles. The number of anilines is 1. The number of nitrogens with one attached hydrogen (secondary N) is 1. The molecule has 25 heavy (non-hydrogen) atoms. The average Bonchev–Trinajstić information content (AvgIpc) is 2.95. The summed E-state index contributed by atoms with van der Waals surface area (Å²) in [5.74, 6) is 1.65. The van der Waals surface area contributed by atoms with Gasteiger partial charge in [0.1, 0.15) is 11.6 Å². The summed E-state index contributed by atoms with van der Waals surface area (Å²) in [5.41, 5.74) is 2.82. The van der Waals surface area contributed by atoms with E-state index in [2.05, 4.69) is 25.3 Å². The summed E-state index contributed by atoms with van der Waals surface area (Å²) in [6.07, 6.45) is 2.77. The number of aryl methyl sites for hydroxylation is 2. The topological polar surface area (TPSA) is 64.3 Å². The molecule has 0 spiro atoms. The van der Waals surface area contributed by atoms with Crippen LogP contribution in [0.15, 0.2) is 30.3 Å². The Balaban J connectivity index is 1.60. The molecule has 8 heteroatoms. The van der Waals surface area contributed by atoms with Crippen LogP contribution in [0.25, 0.3) is 5.65 Å². The lowest BCUT2D eigenvalue weighted by atomic mass is 9.87. The second-order valence-corrected chi connectivity index (χ2v) is 6.06. The van der Waals surface area contributed by atoms with E-state index in [0.29, 0.717) is 5.65 Å². The summed E-state index contributed by atoms with van der Waals surface area (Å²) >= 11 is 0. The van der Waals surface area contributed by atoms with Gasteiger partial charge in [-0.3, -0.25) is 0 Å². The molecule has 0 radical (unpaired) electrons. The van der Waals surface area contributed by atoms with E-state index in [1.807, 2.05) is 25.1 Å². The molecule has 1 atom stereocenters. The van der Waals surface area contributed by atoms with Crippen LogP contribution in [0.2, 0.25) is 0 Å². The highest BCUT2D eigenvalue weighted by Gasteiger charge is 2.21. The highest BCUT2D eigenvalue weighted by molar-refractivity contribution is 5.47. The van der Waals surface area contributed by atoms with Gasteiger partial charge in [-0.2, -0.15) is 13.3 Å². The molecular weight excluding hydrogens is 328 g/mol. The summed E-state index contributed by atoms with van der Waals surface area (Å²) in [6, 6.07) is 8.95. The third-order valence-corrected chi connectivity index (χ3v) is 4.39. The highest BCUT2D eigenvalue weighted by atomic mass is 19.3. The molecule has 130 valence electrons. The number of aromatic nitrogens is 4. The van der Waals surface area contributed by atoms with Crippen LogP contribution in [0.4, 0.5) is 14.6 Å². The molecule has 1 N–H and O–H groups in total. The minimum absolute atomic E-state index is 0.0751. The van der Waals surface area contributed by atoms with Crippen LogP contribution in [0.5, 0.6) is 5.75 Å². The van der Waals surface area contributed by atoms with Crippen molar-refractivity contribution in [3.8, 4) is 5.75 Å². The van der Waals surface area contributed by atoms with Gasteiger partial charge < -0.3 is 10.1 Å². The van der Waals surface area contributed by atoms with E-state index in [0.717, 1.165) is 42.0 Å². The molecule has 3 aromatic rings. The molecule has 6 nitrogen and oxygen atoms in total. The fraction of sp³-hybridized carbons (Fsp3) is 0.353. The summed E-state index contributed by atoms with van der Waals surface area (Å²) < 4.78 is 31.0. The molecule has 1 unspecified atom stereocenters. The average molecular weight is 345 g/mol. The van der Waals surface area contributed by atoms with Gasteiger partial charge in [-0.25, -0.2) is 0 Å². The van der Waals surface area contributed by atoms with Gasteiger partial charge in [0.2, 0.25) is 0 Å². The van der Waals surface area contributed by atoms with Crippen molar-refractivity contribution in [3.63, 3.8) is 0 Å². The lowest BCUT2D eigenvalue weighted by Gasteiger charge is -2.27. The van der Waals surface area contributed by atoms with Gasteiger partial charge >= 0.3 is 6.61 Å². The smallest absolute Gasteiger partial charge is 0.387 e. The molecule has 0 bridgehead atoms. The molecular formula is C17H17F2N5O. The minimum Gasteiger partial charge on any atom is -0.435 e. The van der Waals surface area contributed by atoms with Gasteiger partial charge in [0.15, 0.2) is 11.5 Å². The van der Waals surface area contributed by atoms with E-state index < -0.39 is 6.61 Å². The number of halogens is 2. The third kappa shape index (κ3) is 3.11. The maximum Gasteiger partial charge on any atom is 0.387 e. The van der Waals surface area contributed by atoms with Gasteiger partial charge in [0.05, 0.1) is 6.04 Å². The van der Waals surface area contributed by atoms with E-state index in [-0.39, 0.29) is 11.8 Å². The Kier molecular flexibility index (Phi) is 3.95. The zero-order valence-corrected chi connectivity index (χ0v) is 13.6. The van der Waals surface area contributed by atoms with Crippen molar-refractivity contribution in [1.29, 1.82) is 0 Å². The number of rotatable bonds is 4. The lowest BCUT2D eigenvalue weighted by Crippen LogP contribution is -2.18. The zero-order valence-electron chi connectivity index (χ0n) is 13.6. The van der Waals surface area contributed by atoms with Gasteiger partial charge in [-0.15, -0.1) is 15.3 Å². The number of benzene rings is 1. The Labute approximate surface area is 142 Å². The van der Waals surface area contributed by atoms with E-state index in [4.69, 9.17) is 0 Å². The number of nitrogens with zero attached hydrogens (tertiary/aromatic N) is 4. The quantitative estimate of drug-likeness (QED) is 0.784. The molecule has 2 heterocycles. The van der Waals surface area contributed by atoms with Crippen molar-refractivity contribution >= 4 is 11.5 Å². The SMILES string of the molecule is Cc1nnc2ccc(NC3CCCc4cc(OC(F)F)ccc43)nn12. The zero-order chi connectivity index (χ0) is 17.4. The minimum atomic E-state index is -2.81. The first-order chi connectivity index (χ1) is 12.1. The van der Waals surface area contributed by atoms with Crippen LogP contribution in [0, 0.1) is 6.92 Å².